The number of thiophene rings is 1. The average Bonchev–Trinajstić information content (AvgIpc) is 3.43. The van der Waals surface area contributed by atoms with Gasteiger partial charge in [-0.25, -0.2) is 4.68 Å². The molecule has 0 fully saturated rings. The van der Waals surface area contributed by atoms with Crippen molar-refractivity contribution < 1.29 is 24.5 Å². The summed E-state index contributed by atoms with van der Waals surface area (Å²) in [5.41, 5.74) is 1.84. The maximum Gasteiger partial charge on any atom is 0.274 e. The number of hydrogen-bond acceptors (Lipinski definition) is 7. The van der Waals surface area contributed by atoms with Crippen molar-refractivity contribution in [1.82, 2.24) is 14.7 Å². The number of aliphatic hydroxyl groups excluding tert-OH is 1. The molecule has 2 aromatic heterocycles. The molecule has 3 aromatic rings. The third-order valence-corrected chi connectivity index (χ3v) is 6.84. The lowest BCUT2D eigenvalue weighted by Crippen LogP contribution is -2.43. The van der Waals surface area contributed by atoms with Crippen molar-refractivity contribution in [1.29, 1.82) is 0 Å². The number of aromatic nitrogens is 2. The topological polar surface area (TPSA) is 97.0 Å². The molecule has 0 aliphatic carbocycles. The Hall–Kier alpha value is -2.88. The second kappa shape index (κ2) is 8.41. The molecule has 34 heavy (non-hydrogen) atoms. The number of benzene rings is 1. The molecule has 1 aromatic carbocycles. The van der Waals surface area contributed by atoms with Crippen molar-refractivity contribution in [2.75, 3.05) is 14.2 Å². The molecular formula is C25H31N3O5S. The minimum Gasteiger partial charge on any atom is -0.496 e. The van der Waals surface area contributed by atoms with Crippen LogP contribution < -0.4 is 9.47 Å². The largest absolute Gasteiger partial charge is 0.496 e. The summed E-state index contributed by atoms with van der Waals surface area (Å²) in [5.74, 6) is 0.757. The molecule has 8 nitrogen and oxygen atoms in total. The fourth-order valence-corrected chi connectivity index (χ4v) is 4.48. The molecule has 9 heteroatoms. The Kier molecular flexibility index (Phi) is 6.00. The second-order valence-corrected chi connectivity index (χ2v) is 10.8. The monoisotopic (exact) mass is 485 g/mol. The summed E-state index contributed by atoms with van der Waals surface area (Å²) in [6, 6.07) is 5.39. The van der Waals surface area contributed by atoms with E-state index in [1.807, 2.05) is 37.6 Å². The molecule has 0 radical (unpaired) electrons. The molecule has 1 aliphatic rings. The maximum absolute atomic E-state index is 13.5. The highest BCUT2D eigenvalue weighted by molar-refractivity contribution is 7.08. The van der Waals surface area contributed by atoms with Gasteiger partial charge in [0, 0.05) is 40.7 Å². The fourth-order valence-electron chi connectivity index (χ4n) is 3.87. The first-order valence-corrected chi connectivity index (χ1v) is 12.0. The van der Waals surface area contributed by atoms with Gasteiger partial charge >= 0.3 is 0 Å². The van der Waals surface area contributed by atoms with Crippen molar-refractivity contribution >= 4 is 17.2 Å². The summed E-state index contributed by atoms with van der Waals surface area (Å²) >= 11 is 1.53. The summed E-state index contributed by atoms with van der Waals surface area (Å²) in [4.78, 5) is 15.1. The highest BCUT2D eigenvalue weighted by Crippen LogP contribution is 2.46. The number of ether oxygens (including phenoxy) is 2. The molecule has 0 bridgehead atoms. The van der Waals surface area contributed by atoms with Gasteiger partial charge in [-0.3, -0.25) is 4.79 Å². The van der Waals surface area contributed by atoms with E-state index in [1.165, 1.54) is 32.3 Å². The van der Waals surface area contributed by atoms with E-state index >= 15 is 0 Å². The predicted molar refractivity (Wildman–Crippen MR) is 131 cm³/mol. The first kappa shape index (κ1) is 24.3. The number of nitrogens with zero attached hydrogens (tertiary/aromatic N) is 3. The average molecular weight is 486 g/mol. The van der Waals surface area contributed by atoms with Crippen LogP contribution in [-0.2, 0) is 6.61 Å². The molecule has 0 saturated heterocycles. The van der Waals surface area contributed by atoms with E-state index in [4.69, 9.17) is 14.6 Å². The minimum absolute atomic E-state index is 0.169. The third-order valence-electron chi connectivity index (χ3n) is 6.17. The minimum atomic E-state index is -1.40. The van der Waals surface area contributed by atoms with Gasteiger partial charge in [0.15, 0.2) is 5.69 Å². The Labute approximate surface area is 203 Å². The maximum atomic E-state index is 13.5. The van der Waals surface area contributed by atoms with Crippen molar-refractivity contribution in [3.05, 3.63) is 45.8 Å². The Balaban J connectivity index is 1.97. The lowest BCUT2D eigenvalue weighted by Gasteiger charge is -2.31. The number of rotatable bonds is 5. The molecule has 182 valence electrons. The summed E-state index contributed by atoms with van der Waals surface area (Å²) < 4.78 is 13.3. The highest BCUT2D eigenvalue weighted by atomic mass is 32.1. The molecule has 1 unspecified atom stereocenters. The first-order chi connectivity index (χ1) is 15.8. The smallest absolute Gasteiger partial charge is 0.274 e. The van der Waals surface area contributed by atoms with Gasteiger partial charge in [-0.05, 0) is 52.1 Å². The zero-order valence-corrected chi connectivity index (χ0v) is 21.4. The Morgan fingerprint density at radius 2 is 2.00 bits per heavy atom. The number of aliphatic hydroxyl groups is 2. The number of amides is 1. The van der Waals surface area contributed by atoms with E-state index in [-0.39, 0.29) is 18.1 Å². The number of fused-ring (bicyclic) bond motifs is 3. The van der Waals surface area contributed by atoms with Crippen LogP contribution in [0, 0.1) is 0 Å². The van der Waals surface area contributed by atoms with Crippen LogP contribution in [0.15, 0.2) is 29.0 Å². The van der Waals surface area contributed by atoms with Crippen molar-refractivity contribution in [2.45, 2.75) is 58.5 Å². The molecular weight excluding hydrogens is 454 g/mol. The molecule has 1 aliphatic heterocycles. The van der Waals surface area contributed by atoms with Crippen LogP contribution in [0.1, 0.15) is 62.3 Å². The van der Waals surface area contributed by atoms with Crippen LogP contribution in [-0.4, -0.2) is 56.1 Å². The summed E-state index contributed by atoms with van der Waals surface area (Å²) in [7, 11) is 3.27. The van der Waals surface area contributed by atoms with E-state index < -0.39 is 11.7 Å². The molecule has 4 rings (SSSR count). The molecule has 0 saturated carbocycles. The zero-order valence-electron chi connectivity index (χ0n) is 20.5. The Morgan fingerprint density at radius 3 is 2.56 bits per heavy atom. The highest BCUT2D eigenvalue weighted by Gasteiger charge is 2.36. The van der Waals surface area contributed by atoms with Crippen LogP contribution in [0.5, 0.6) is 11.5 Å². The second-order valence-electron chi connectivity index (χ2n) is 10.0. The van der Waals surface area contributed by atoms with Crippen molar-refractivity contribution in [3.63, 3.8) is 0 Å². The van der Waals surface area contributed by atoms with Gasteiger partial charge in [-0.2, -0.15) is 16.4 Å². The van der Waals surface area contributed by atoms with Gasteiger partial charge in [-0.15, -0.1) is 0 Å². The van der Waals surface area contributed by atoms with Crippen LogP contribution in [0.25, 0.3) is 16.9 Å². The standard InChI is InChI=1S/C25H31N3O5S/c1-24(2,3)27(6)23(30)20-17-12-33-19-11-18(32-7)16(22(29)25(4,5)31)10-15(19)21(17)28(26-20)14-8-9-34-13-14/h8-11,13,22,29,31H,12H2,1-7H3. The van der Waals surface area contributed by atoms with Gasteiger partial charge in [-0.1, -0.05) is 0 Å². The van der Waals surface area contributed by atoms with Crippen LogP contribution in [0.4, 0.5) is 0 Å². The molecule has 1 amide bonds. The number of carbonyl (C=O) groups excluding carboxylic acids is 1. The van der Waals surface area contributed by atoms with Crippen molar-refractivity contribution in [2.24, 2.45) is 0 Å². The third kappa shape index (κ3) is 4.08. The Bertz CT molecular complexity index is 1220. The van der Waals surface area contributed by atoms with E-state index in [9.17, 15) is 15.0 Å². The quantitative estimate of drug-likeness (QED) is 0.563. The van der Waals surface area contributed by atoms with Gasteiger partial charge in [0.05, 0.1) is 24.1 Å². The molecule has 2 N–H and O–H groups in total. The van der Waals surface area contributed by atoms with E-state index in [1.54, 1.807) is 28.8 Å². The van der Waals surface area contributed by atoms with E-state index in [2.05, 4.69) is 0 Å². The van der Waals surface area contributed by atoms with Gasteiger partial charge < -0.3 is 24.6 Å². The zero-order chi connectivity index (χ0) is 25.0. The van der Waals surface area contributed by atoms with Crippen LogP contribution >= 0.6 is 11.3 Å². The first-order valence-electron chi connectivity index (χ1n) is 11.0. The Morgan fingerprint density at radius 1 is 1.29 bits per heavy atom. The predicted octanol–water partition coefficient (Wildman–Crippen LogP) is 4.18. The van der Waals surface area contributed by atoms with Gasteiger partial charge in [0.25, 0.3) is 5.91 Å². The fraction of sp³-hybridized carbons (Fsp3) is 0.440. The van der Waals surface area contributed by atoms with E-state index in [0.29, 0.717) is 33.9 Å². The molecule has 3 heterocycles. The normalized spacial score (nSPS) is 14.1. The number of carbonyl (C=O) groups is 1. The van der Waals surface area contributed by atoms with Gasteiger partial charge in [0.2, 0.25) is 0 Å². The van der Waals surface area contributed by atoms with Crippen LogP contribution in [0.3, 0.4) is 0 Å². The summed E-state index contributed by atoms with van der Waals surface area (Å²) in [5, 5.41) is 30.0. The SMILES string of the molecule is COc1cc2c(cc1C(O)C(C)(C)O)-c1c(c(C(=O)N(C)C(C)(C)C)nn1-c1ccsc1)CO2. The lowest BCUT2D eigenvalue weighted by atomic mass is 9.90. The van der Waals surface area contributed by atoms with E-state index in [0.717, 1.165) is 11.4 Å². The summed E-state index contributed by atoms with van der Waals surface area (Å²) in [6.45, 7) is 9.14. The lowest BCUT2D eigenvalue weighted by molar-refractivity contribution is -0.0506. The van der Waals surface area contributed by atoms with Crippen LogP contribution in [0.2, 0.25) is 0 Å². The summed E-state index contributed by atoms with van der Waals surface area (Å²) in [6.07, 6.45) is -1.20. The molecule has 1 atom stereocenters. The van der Waals surface area contributed by atoms with Gasteiger partial charge in [0.1, 0.15) is 24.2 Å². The van der Waals surface area contributed by atoms with Crippen molar-refractivity contribution in [3.8, 4) is 28.4 Å². The molecule has 0 spiro atoms. The number of methoxy groups -OCH3 is 1. The number of hydrogen-bond donors (Lipinski definition) is 2.